The van der Waals surface area contributed by atoms with Gasteiger partial charge in [-0.2, -0.15) is 0 Å². The lowest BCUT2D eigenvalue weighted by atomic mass is 10.2. The number of carboxylic acid groups (broad SMARTS) is 1. The highest BCUT2D eigenvalue weighted by atomic mass is 16.4. The monoisotopic (exact) mass is 223 g/mol. The molecule has 2 N–H and O–H groups in total. The van der Waals surface area contributed by atoms with Crippen LogP contribution in [0.3, 0.4) is 0 Å². The van der Waals surface area contributed by atoms with E-state index in [1.54, 1.807) is 13.2 Å². The van der Waals surface area contributed by atoms with Crippen LogP contribution in [0.15, 0.2) is 12.4 Å². The minimum absolute atomic E-state index is 0.477. The highest BCUT2D eigenvalue weighted by Crippen LogP contribution is 2.38. The summed E-state index contributed by atoms with van der Waals surface area (Å²) in [5.74, 6) is 0.920. The van der Waals surface area contributed by atoms with Gasteiger partial charge in [-0.05, 0) is 26.3 Å². The van der Waals surface area contributed by atoms with E-state index in [0.717, 1.165) is 5.82 Å². The van der Waals surface area contributed by atoms with E-state index in [-0.39, 0.29) is 0 Å². The van der Waals surface area contributed by atoms with Crippen LogP contribution in [0.1, 0.15) is 31.0 Å². The molecule has 5 nitrogen and oxygen atoms in total. The number of rotatable bonds is 6. The Hall–Kier alpha value is -1.36. The number of nitrogens with zero attached hydrogens (tertiary/aromatic N) is 2. The Balaban J connectivity index is 1.93. The Morgan fingerprint density at radius 3 is 3.06 bits per heavy atom. The molecule has 1 aromatic rings. The van der Waals surface area contributed by atoms with Crippen LogP contribution in [-0.4, -0.2) is 33.7 Å². The molecule has 1 saturated carbocycles. The summed E-state index contributed by atoms with van der Waals surface area (Å²) in [6, 6.07) is -0.477. The third kappa shape index (κ3) is 2.41. The summed E-state index contributed by atoms with van der Waals surface area (Å²) in [7, 11) is 1.68. The summed E-state index contributed by atoms with van der Waals surface area (Å²) in [6.45, 7) is 0.712. The van der Waals surface area contributed by atoms with Crippen LogP contribution in [-0.2, 0) is 11.3 Å². The first kappa shape index (κ1) is 11.1. The van der Waals surface area contributed by atoms with E-state index < -0.39 is 12.0 Å². The second-order valence-electron chi connectivity index (χ2n) is 4.22. The third-order valence-corrected chi connectivity index (χ3v) is 3.00. The molecule has 1 heterocycles. The van der Waals surface area contributed by atoms with Crippen molar-refractivity contribution in [2.45, 2.75) is 37.8 Å². The van der Waals surface area contributed by atoms with E-state index in [1.165, 1.54) is 12.8 Å². The van der Waals surface area contributed by atoms with Gasteiger partial charge in [0, 0.05) is 24.9 Å². The number of hydrogen-bond donors (Lipinski definition) is 2. The molecule has 5 heteroatoms. The molecule has 0 saturated heterocycles. The topological polar surface area (TPSA) is 67.2 Å². The van der Waals surface area contributed by atoms with Crippen LogP contribution < -0.4 is 5.32 Å². The lowest BCUT2D eigenvalue weighted by Crippen LogP contribution is -2.34. The minimum Gasteiger partial charge on any atom is -0.480 e. The van der Waals surface area contributed by atoms with Crippen LogP contribution in [0.25, 0.3) is 0 Å². The second-order valence-corrected chi connectivity index (χ2v) is 4.22. The Morgan fingerprint density at radius 1 is 1.75 bits per heavy atom. The van der Waals surface area contributed by atoms with Crippen LogP contribution in [0, 0.1) is 0 Å². The van der Waals surface area contributed by atoms with Crippen LogP contribution in [0.4, 0.5) is 0 Å². The predicted molar refractivity (Wildman–Crippen MR) is 59.3 cm³/mol. The predicted octanol–water partition coefficient (Wildman–Crippen LogP) is 0.823. The standard InChI is InChI=1S/C11H17N3O2/c1-12-9(11(15)16)4-6-14-7-5-13-10(14)8-2-3-8/h5,7-9,12H,2-4,6H2,1H3,(H,15,16). The van der Waals surface area contributed by atoms with E-state index in [2.05, 4.69) is 14.9 Å². The quantitative estimate of drug-likeness (QED) is 0.749. The van der Waals surface area contributed by atoms with Gasteiger partial charge in [0.05, 0.1) is 0 Å². The number of aromatic nitrogens is 2. The van der Waals surface area contributed by atoms with Gasteiger partial charge in [-0.3, -0.25) is 4.79 Å². The van der Waals surface area contributed by atoms with E-state index in [0.29, 0.717) is 18.9 Å². The summed E-state index contributed by atoms with van der Waals surface area (Å²) in [5.41, 5.74) is 0. The van der Waals surface area contributed by atoms with Gasteiger partial charge in [0.1, 0.15) is 11.9 Å². The summed E-state index contributed by atoms with van der Waals surface area (Å²) in [4.78, 5) is 15.2. The zero-order valence-electron chi connectivity index (χ0n) is 9.39. The van der Waals surface area contributed by atoms with Crippen molar-refractivity contribution in [2.24, 2.45) is 0 Å². The molecule has 88 valence electrons. The first-order chi connectivity index (χ1) is 7.72. The molecule has 0 aromatic carbocycles. The summed E-state index contributed by atoms with van der Waals surface area (Å²) >= 11 is 0. The molecular formula is C11H17N3O2. The zero-order valence-corrected chi connectivity index (χ0v) is 9.39. The van der Waals surface area contributed by atoms with Gasteiger partial charge in [-0.15, -0.1) is 0 Å². The number of aliphatic carboxylic acids is 1. The van der Waals surface area contributed by atoms with Crippen molar-refractivity contribution in [1.29, 1.82) is 0 Å². The Labute approximate surface area is 94.5 Å². The van der Waals surface area contributed by atoms with Gasteiger partial charge < -0.3 is 15.0 Å². The maximum absolute atomic E-state index is 10.8. The normalized spacial score (nSPS) is 17.3. The number of hydrogen-bond acceptors (Lipinski definition) is 3. The fraction of sp³-hybridized carbons (Fsp3) is 0.636. The molecule has 0 spiro atoms. The molecule has 0 aliphatic heterocycles. The molecule has 1 atom stereocenters. The largest absolute Gasteiger partial charge is 0.480 e. The highest BCUT2D eigenvalue weighted by molar-refractivity contribution is 5.73. The van der Waals surface area contributed by atoms with Crippen molar-refractivity contribution in [2.75, 3.05) is 7.05 Å². The number of aryl methyl sites for hydroxylation is 1. The van der Waals surface area contributed by atoms with Gasteiger partial charge in [-0.25, -0.2) is 4.98 Å². The van der Waals surface area contributed by atoms with Gasteiger partial charge in [0.25, 0.3) is 0 Å². The average molecular weight is 223 g/mol. The molecule has 1 fully saturated rings. The molecule has 0 amide bonds. The molecule has 16 heavy (non-hydrogen) atoms. The van der Waals surface area contributed by atoms with Crippen molar-refractivity contribution >= 4 is 5.97 Å². The first-order valence-electron chi connectivity index (χ1n) is 5.63. The molecule has 0 radical (unpaired) electrons. The van der Waals surface area contributed by atoms with Gasteiger partial charge in [-0.1, -0.05) is 0 Å². The molecular weight excluding hydrogens is 206 g/mol. The van der Waals surface area contributed by atoms with Crippen molar-refractivity contribution < 1.29 is 9.90 Å². The minimum atomic E-state index is -0.796. The van der Waals surface area contributed by atoms with E-state index in [9.17, 15) is 4.79 Å². The SMILES string of the molecule is CNC(CCn1ccnc1C1CC1)C(=O)O. The zero-order chi connectivity index (χ0) is 11.5. The number of carbonyl (C=O) groups is 1. The summed E-state index contributed by atoms with van der Waals surface area (Å²) < 4.78 is 2.07. The summed E-state index contributed by atoms with van der Waals surface area (Å²) in [6.07, 6.45) is 6.74. The fourth-order valence-corrected chi connectivity index (χ4v) is 1.87. The first-order valence-corrected chi connectivity index (χ1v) is 5.63. The van der Waals surface area contributed by atoms with E-state index in [1.807, 2.05) is 6.20 Å². The Bertz CT molecular complexity index is 371. The number of nitrogens with one attached hydrogen (secondary N) is 1. The van der Waals surface area contributed by atoms with Crippen molar-refractivity contribution in [1.82, 2.24) is 14.9 Å². The second kappa shape index (κ2) is 4.65. The van der Waals surface area contributed by atoms with Crippen LogP contribution in [0.5, 0.6) is 0 Å². The molecule has 1 aliphatic rings. The van der Waals surface area contributed by atoms with Crippen LogP contribution >= 0.6 is 0 Å². The van der Waals surface area contributed by atoms with E-state index in [4.69, 9.17) is 5.11 Å². The van der Waals surface area contributed by atoms with Gasteiger partial charge in [0.2, 0.25) is 0 Å². The van der Waals surface area contributed by atoms with Gasteiger partial charge in [0.15, 0.2) is 0 Å². The summed E-state index contributed by atoms with van der Waals surface area (Å²) in [5, 5.41) is 11.7. The van der Waals surface area contributed by atoms with Crippen molar-refractivity contribution in [3.63, 3.8) is 0 Å². The molecule has 2 rings (SSSR count). The number of carboxylic acids is 1. The smallest absolute Gasteiger partial charge is 0.320 e. The third-order valence-electron chi connectivity index (χ3n) is 3.00. The van der Waals surface area contributed by atoms with Crippen molar-refractivity contribution in [3.8, 4) is 0 Å². The Morgan fingerprint density at radius 2 is 2.50 bits per heavy atom. The molecule has 1 aliphatic carbocycles. The van der Waals surface area contributed by atoms with Gasteiger partial charge >= 0.3 is 5.97 Å². The molecule has 1 unspecified atom stereocenters. The maximum atomic E-state index is 10.8. The Kier molecular flexibility index (Phi) is 3.24. The fourth-order valence-electron chi connectivity index (χ4n) is 1.87. The lowest BCUT2D eigenvalue weighted by Gasteiger charge is -2.12. The number of likely N-dealkylation sites (N-methyl/N-ethyl adjacent to an activating group) is 1. The molecule has 1 aromatic heterocycles. The lowest BCUT2D eigenvalue weighted by molar-refractivity contribution is -0.139. The van der Waals surface area contributed by atoms with Crippen LogP contribution in [0.2, 0.25) is 0 Å². The molecule has 0 bridgehead atoms. The maximum Gasteiger partial charge on any atom is 0.320 e. The highest BCUT2D eigenvalue weighted by Gasteiger charge is 2.28. The van der Waals surface area contributed by atoms with Crippen molar-refractivity contribution in [3.05, 3.63) is 18.2 Å². The van der Waals surface area contributed by atoms with E-state index >= 15 is 0 Å². The number of imidazole rings is 1. The average Bonchev–Trinajstić information content (AvgIpc) is 2.99.